The third kappa shape index (κ3) is 4.27. The van der Waals surface area contributed by atoms with Crippen molar-refractivity contribution in [2.45, 2.75) is 12.8 Å². The van der Waals surface area contributed by atoms with Crippen LogP contribution in [0.2, 0.25) is 5.02 Å². The van der Waals surface area contributed by atoms with E-state index in [0.29, 0.717) is 21.8 Å². The van der Waals surface area contributed by atoms with E-state index >= 15 is 0 Å². The van der Waals surface area contributed by atoms with E-state index in [0.717, 1.165) is 25.9 Å². The first kappa shape index (κ1) is 17.6. The van der Waals surface area contributed by atoms with Gasteiger partial charge >= 0.3 is 0 Å². The van der Waals surface area contributed by atoms with Crippen molar-refractivity contribution in [3.05, 3.63) is 64.7 Å². The Morgan fingerprint density at radius 3 is 2.52 bits per heavy atom. The topological polar surface area (TPSA) is 49.4 Å². The van der Waals surface area contributed by atoms with E-state index in [1.807, 2.05) is 6.07 Å². The molecular weight excluding hydrogens is 336 g/mol. The molecule has 1 fully saturated rings. The first-order chi connectivity index (χ1) is 12.0. The lowest BCUT2D eigenvalue weighted by molar-refractivity contribution is 0.0856. The Labute approximate surface area is 152 Å². The number of anilines is 1. The zero-order chi connectivity index (χ0) is 17.8. The molecule has 1 aliphatic heterocycles. The van der Waals surface area contributed by atoms with E-state index in [1.165, 1.54) is 0 Å². The number of likely N-dealkylation sites (tertiary alicyclic amines) is 1. The summed E-state index contributed by atoms with van der Waals surface area (Å²) in [6.45, 7) is 1.89. The first-order valence-electron chi connectivity index (χ1n) is 8.43. The zero-order valence-corrected chi connectivity index (χ0v) is 14.9. The van der Waals surface area contributed by atoms with Gasteiger partial charge in [-0.15, -0.1) is 0 Å². The minimum Gasteiger partial charge on any atom is -0.322 e. The van der Waals surface area contributed by atoms with Crippen LogP contribution in [0.1, 0.15) is 33.6 Å². The number of nitrogens with one attached hydrogen (secondary N) is 1. The summed E-state index contributed by atoms with van der Waals surface area (Å²) < 4.78 is 0. The molecule has 0 unspecified atom stereocenters. The molecular formula is C20H21ClN2O2. The number of hydrogen-bond donors (Lipinski definition) is 1. The second kappa shape index (κ2) is 7.81. The summed E-state index contributed by atoms with van der Waals surface area (Å²) in [6, 6.07) is 14.0. The molecule has 4 nitrogen and oxygen atoms in total. The lowest BCUT2D eigenvalue weighted by Gasteiger charge is -2.28. The summed E-state index contributed by atoms with van der Waals surface area (Å²) in [6.07, 6.45) is 1.76. The maximum absolute atomic E-state index is 12.7. The van der Waals surface area contributed by atoms with Crippen molar-refractivity contribution in [3.8, 4) is 0 Å². The van der Waals surface area contributed by atoms with Gasteiger partial charge in [-0.05, 0) is 57.2 Å². The maximum Gasteiger partial charge on any atom is 0.257 e. The molecule has 1 amide bonds. The Hall–Kier alpha value is -2.17. The molecule has 5 heteroatoms. The van der Waals surface area contributed by atoms with Gasteiger partial charge in [0.05, 0.1) is 10.6 Å². The minimum atomic E-state index is -0.283. The predicted molar refractivity (Wildman–Crippen MR) is 100 cm³/mol. The van der Waals surface area contributed by atoms with Crippen molar-refractivity contribution in [1.29, 1.82) is 0 Å². The van der Waals surface area contributed by atoms with Crippen LogP contribution in [0.3, 0.4) is 0 Å². The van der Waals surface area contributed by atoms with Gasteiger partial charge in [0.25, 0.3) is 5.91 Å². The summed E-state index contributed by atoms with van der Waals surface area (Å²) in [5.74, 6) is -0.0675. The van der Waals surface area contributed by atoms with Crippen LogP contribution in [0.5, 0.6) is 0 Å². The van der Waals surface area contributed by atoms with Crippen molar-refractivity contribution >= 4 is 29.0 Å². The van der Waals surface area contributed by atoms with Crippen LogP contribution >= 0.6 is 11.6 Å². The highest BCUT2D eigenvalue weighted by atomic mass is 35.5. The summed E-state index contributed by atoms with van der Waals surface area (Å²) in [5, 5.41) is 3.22. The van der Waals surface area contributed by atoms with Gasteiger partial charge in [-0.25, -0.2) is 0 Å². The number of hydrogen-bond acceptors (Lipinski definition) is 3. The lowest BCUT2D eigenvalue weighted by Crippen LogP contribution is -2.33. The molecule has 25 heavy (non-hydrogen) atoms. The molecule has 1 N–H and O–H groups in total. The second-order valence-corrected chi connectivity index (χ2v) is 6.86. The van der Waals surface area contributed by atoms with Crippen molar-refractivity contribution in [2.75, 3.05) is 25.5 Å². The molecule has 130 valence electrons. The highest BCUT2D eigenvalue weighted by Gasteiger charge is 2.24. The molecule has 1 heterocycles. The average molecular weight is 357 g/mol. The Balaban J connectivity index is 1.72. The molecule has 0 aromatic heterocycles. The first-order valence-corrected chi connectivity index (χ1v) is 8.81. The monoisotopic (exact) mass is 356 g/mol. The third-order valence-corrected chi connectivity index (χ3v) is 4.94. The van der Waals surface area contributed by atoms with E-state index in [-0.39, 0.29) is 17.6 Å². The SMILES string of the molecule is CN1CCC(C(=O)c2cccc(NC(=O)c3ccccc3Cl)c2)CC1. The molecule has 1 aliphatic rings. The lowest BCUT2D eigenvalue weighted by atomic mass is 9.89. The molecule has 0 aliphatic carbocycles. The quantitative estimate of drug-likeness (QED) is 0.838. The highest BCUT2D eigenvalue weighted by molar-refractivity contribution is 6.34. The van der Waals surface area contributed by atoms with Gasteiger partial charge in [-0.1, -0.05) is 35.9 Å². The van der Waals surface area contributed by atoms with Gasteiger partial charge in [0.15, 0.2) is 5.78 Å². The molecule has 0 saturated carbocycles. The summed E-state index contributed by atoms with van der Waals surface area (Å²) in [5.41, 5.74) is 1.66. The molecule has 2 aromatic rings. The maximum atomic E-state index is 12.7. The van der Waals surface area contributed by atoms with Gasteiger partial charge in [-0.3, -0.25) is 9.59 Å². The normalized spacial score (nSPS) is 15.8. The second-order valence-electron chi connectivity index (χ2n) is 6.46. The highest BCUT2D eigenvalue weighted by Crippen LogP contribution is 2.23. The molecule has 0 bridgehead atoms. The number of halogens is 1. The van der Waals surface area contributed by atoms with Gasteiger partial charge in [0.2, 0.25) is 0 Å². The molecule has 3 rings (SSSR count). The Morgan fingerprint density at radius 1 is 1.08 bits per heavy atom. The fourth-order valence-electron chi connectivity index (χ4n) is 3.10. The predicted octanol–water partition coefficient (Wildman–Crippen LogP) is 4.12. The van der Waals surface area contributed by atoms with Gasteiger partial charge < -0.3 is 10.2 Å². The molecule has 1 saturated heterocycles. The van der Waals surface area contributed by atoms with Gasteiger partial charge in [-0.2, -0.15) is 0 Å². The number of benzene rings is 2. The Bertz CT molecular complexity index is 783. The van der Waals surface area contributed by atoms with Crippen LogP contribution in [0.4, 0.5) is 5.69 Å². The number of nitrogens with zero attached hydrogens (tertiary/aromatic N) is 1. The van der Waals surface area contributed by atoms with Crippen LogP contribution in [0.15, 0.2) is 48.5 Å². The average Bonchev–Trinajstić information content (AvgIpc) is 2.62. The fraction of sp³-hybridized carbons (Fsp3) is 0.300. The minimum absolute atomic E-state index is 0.0609. The van der Waals surface area contributed by atoms with Crippen LogP contribution in [0.25, 0.3) is 0 Å². The van der Waals surface area contributed by atoms with E-state index < -0.39 is 0 Å². The fourth-order valence-corrected chi connectivity index (χ4v) is 3.32. The van der Waals surface area contributed by atoms with Crippen molar-refractivity contribution in [3.63, 3.8) is 0 Å². The van der Waals surface area contributed by atoms with E-state index in [4.69, 9.17) is 11.6 Å². The molecule has 0 spiro atoms. The standard InChI is InChI=1S/C20H21ClN2O2/c1-23-11-9-14(10-12-23)19(24)15-5-4-6-16(13-15)22-20(25)17-7-2-3-8-18(17)21/h2-8,13-14H,9-12H2,1H3,(H,22,25). The van der Waals surface area contributed by atoms with Crippen molar-refractivity contribution in [2.24, 2.45) is 5.92 Å². The summed E-state index contributed by atoms with van der Waals surface area (Å²) >= 11 is 6.06. The van der Waals surface area contributed by atoms with Crippen molar-refractivity contribution < 1.29 is 9.59 Å². The van der Waals surface area contributed by atoms with Gasteiger partial charge in [0.1, 0.15) is 0 Å². The largest absolute Gasteiger partial charge is 0.322 e. The summed E-state index contributed by atoms with van der Waals surface area (Å²) in [4.78, 5) is 27.3. The van der Waals surface area contributed by atoms with Gasteiger partial charge in [0, 0.05) is 17.2 Å². The number of carbonyl (C=O) groups excluding carboxylic acids is 2. The van der Waals surface area contributed by atoms with Crippen molar-refractivity contribution in [1.82, 2.24) is 4.90 Å². The number of carbonyl (C=O) groups is 2. The molecule has 0 radical (unpaired) electrons. The van der Waals surface area contributed by atoms with Crippen LogP contribution < -0.4 is 5.32 Å². The number of ketones is 1. The number of rotatable bonds is 4. The Morgan fingerprint density at radius 2 is 1.80 bits per heavy atom. The zero-order valence-electron chi connectivity index (χ0n) is 14.2. The number of amides is 1. The third-order valence-electron chi connectivity index (χ3n) is 4.61. The smallest absolute Gasteiger partial charge is 0.257 e. The number of Topliss-reactive ketones (excluding diaryl/α,β-unsaturated/α-hetero) is 1. The van der Waals surface area contributed by atoms with E-state index in [2.05, 4.69) is 17.3 Å². The van der Waals surface area contributed by atoms with Crippen LogP contribution in [0, 0.1) is 5.92 Å². The number of piperidine rings is 1. The van der Waals surface area contributed by atoms with Crippen LogP contribution in [-0.4, -0.2) is 36.7 Å². The Kier molecular flexibility index (Phi) is 5.51. The molecule has 2 aromatic carbocycles. The molecule has 0 atom stereocenters. The summed E-state index contributed by atoms with van der Waals surface area (Å²) in [7, 11) is 2.07. The van der Waals surface area contributed by atoms with E-state index in [1.54, 1.807) is 42.5 Å². The van der Waals surface area contributed by atoms with E-state index in [9.17, 15) is 9.59 Å². The van der Waals surface area contributed by atoms with Crippen LogP contribution in [-0.2, 0) is 0 Å².